The molecule has 1 aliphatic heterocycles. The molecule has 0 saturated carbocycles. The Morgan fingerprint density at radius 1 is 1.30 bits per heavy atom. The Bertz CT molecular complexity index is 593. The van der Waals surface area contributed by atoms with Crippen molar-refractivity contribution in [2.75, 3.05) is 31.6 Å². The largest absolute Gasteiger partial charge is 0.508 e. The van der Waals surface area contributed by atoms with Gasteiger partial charge in [0, 0.05) is 25.2 Å². The zero-order valence-corrected chi connectivity index (χ0v) is 11.8. The summed E-state index contributed by atoms with van der Waals surface area (Å²) >= 11 is 0. The number of pyridine rings is 1. The predicted molar refractivity (Wildman–Crippen MR) is 82.3 cm³/mol. The van der Waals surface area contributed by atoms with Crippen LogP contribution in [0.15, 0.2) is 30.5 Å². The molecule has 1 fully saturated rings. The highest BCUT2D eigenvalue weighted by molar-refractivity contribution is 5.93. The van der Waals surface area contributed by atoms with Crippen molar-refractivity contribution in [1.82, 2.24) is 10.3 Å². The van der Waals surface area contributed by atoms with E-state index in [0.29, 0.717) is 5.75 Å². The molecule has 3 rings (SSSR count). The molecule has 20 heavy (non-hydrogen) atoms. The van der Waals surface area contributed by atoms with Gasteiger partial charge in [0.05, 0.1) is 0 Å². The van der Waals surface area contributed by atoms with Crippen LogP contribution in [0.1, 0.15) is 12.8 Å². The monoisotopic (exact) mass is 271 g/mol. The normalized spacial score (nSPS) is 16.4. The van der Waals surface area contributed by atoms with Gasteiger partial charge in [0.25, 0.3) is 0 Å². The van der Waals surface area contributed by atoms with Crippen LogP contribution in [0.3, 0.4) is 0 Å². The van der Waals surface area contributed by atoms with Gasteiger partial charge in [-0.15, -0.1) is 0 Å². The summed E-state index contributed by atoms with van der Waals surface area (Å²) in [5.41, 5.74) is 0. The van der Waals surface area contributed by atoms with Crippen LogP contribution in [0.25, 0.3) is 10.8 Å². The lowest BCUT2D eigenvalue weighted by molar-refractivity contribution is 0.377. The molecule has 0 amide bonds. The third kappa shape index (κ3) is 2.70. The first-order chi connectivity index (χ1) is 9.74. The van der Waals surface area contributed by atoms with Gasteiger partial charge in [0.15, 0.2) is 0 Å². The van der Waals surface area contributed by atoms with E-state index in [4.69, 9.17) is 0 Å². The second kappa shape index (κ2) is 5.67. The summed E-state index contributed by atoms with van der Waals surface area (Å²) in [4.78, 5) is 6.73. The minimum atomic E-state index is 0.294. The summed E-state index contributed by atoms with van der Waals surface area (Å²) in [5.74, 6) is 1.97. The van der Waals surface area contributed by atoms with Crippen LogP contribution >= 0.6 is 0 Å². The van der Waals surface area contributed by atoms with Crippen LogP contribution in [0.5, 0.6) is 5.75 Å². The summed E-state index contributed by atoms with van der Waals surface area (Å²) in [7, 11) is 2.09. The standard InChI is InChI=1S/C16H21N3O/c1-19(11-12-4-7-17-8-5-12)16-15-10-14(20)3-2-13(15)6-9-18-16/h2-3,6,9-10,12,17,20H,4-5,7-8,11H2,1H3. The van der Waals surface area contributed by atoms with Gasteiger partial charge in [-0.1, -0.05) is 6.07 Å². The number of fused-ring (bicyclic) bond motifs is 1. The molecule has 1 saturated heterocycles. The molecule has 106 valence electrons. The molecule has 4 heteroatoms. The highest BCUT2D eigenvalue weighted by Crippen LogP contribution is 2.28. The Morgan fingerprint density at radius 3 is 2.90 bits per heavy atom. The van der Waals surface area contributed by atoms with Crippen LogP contribution in [0, 0.1) is 5.92 Å². The third-order valence-corrected chi connectivity index (χ3v) is 4.08. The fourth-order valence-corrected chi connectivity index (χ4v) is 2.98. The fraction of sp³-hybridized carbons (Fsp3) is 0.438. The molecular formula is C16H21N3O. The number of hydrogen-bond donors (Lipinski definition) is 2. The summed E-state index contributed by atoms with van der Waals surface area (Å²) in [6.07, 6.45) is 4.29. The maximum absolute atomic E-state index is 9.70. The Labute approximate surface area is 119 Å². The van der Waals surface area contributed by atoms with Gasteiger partial charge in [-0.25, -0.2) is 4.98 Å². The van der Waals surface area contributed by atoms with E-state index in [1.165, 1.54) is 12.8 Å². The van der Waals surface area contributed by atoms with E-state index < -0.39 is 0 Å². The van der Waals surface area contributed by atoms with Crippen LogP contribution in [-0.4, -0.2) is 36.8 Å². The van der Waals surface area contributed by atoms with E-state index in [1.54, 1.807) is 12.1 Å². The average Bonchev–Trinajstić information content (AvgIpc) is 2.47. The number of benzene rings is 1. The first-order valence-corrected chi connectivity index (χ1v) is 7.23. The van der Waals surface area contributed by atoms with Crippen molar-refractivity contribution in [1.29, 1.82) is 0 Å². The van der Waals surface area contributed by atoms with Crippen molar-refractivity contribution >= 4 is 16.6 Å². The second-order valence-corrected chi connectivity index (χ2v) is 5.61. The van der Waals surface area contributed by atoms with Gasteiger partial charge in [0.2, 0.25) is 0 Å². The van der Waals surface area contributed by atoms with Crippen LogP contribution in [0.4, 0.5) is 5.82 Å². The Balaban J connectivity index is 1.86. The van der Waals surface area contributed by atoms with Crippen LogP contribution in [-0.2, 0) is 0 Å². The molecule has 2 N–H and O–H groups in total. The third-order valence-electron chi connectivity index (χ3n) is 4.08. The molecule has 1 aromatic carbocycles. The van der Waals surface area contributed by atoms with Gasteiger partial charge in [-0.3, -0.25) is 0 Å². The van der Waals surface area contributed by atoms with E-state index in [1.807, 2.05) is 18.3 Å². The van der Waals surface area contributed by atoms with Crippen molar-refractivity contribution in [3.8, 4) is 5.75 Å². The Hall–Kier alpha value is -1.81. The second-order valence-electron chi connectivity index (χ2n) is 5.61. The van der Waals surface area contributed by atoms with Crippen LogP contribution in [0.2, 0.25) is 0 Å². The lowest BCUT2D eigenvalue weighted by Gasteiger charge is -2.28. The molecule has 2 aromatic rings. The molecule has 0 atom stereocenters. The van der Waals surface area contributed by atoms with E-state index >= 15 is 0 Å². The number of nitrogens with one attached hydrogen (secondary N) is 1. The zero-order valence-electron chi connectivity index (χ0n) is 11.8. The highest BCUT2D eigenvalue weighted by Gasteiger charge is 2.17. The summed E-state index contributed by atoms with van der Waals surface area (Å²) in [5, 5.41) is 15.2. The smallest absolute Gasteiger partial charge is 0.136 e. The first-order valence-electron chi connectivity index (χ1n) is 7.23. The van der Waals surface area contributed by atoms with Gasteiger partial charge >= 0.3 is 0 Å². The van der Waals surface area contributed by atoms with E-state index in [-0.39, 0.29) is 0 Å². The number of aromatic hydroxyl groups is 1. The van der Waals surface area contributed by atoms with Crippen molar-refractivity contribution in [3.05, 3.63) is 30.5 Å². The number of rotatable bonds is 3. The quantitative estimate of drug-likeness (QED) is 0.900. The summed E-state index contributed by atoms with van der Waals surface area (Å²) < 4.78 is 0. The van der Waals surface area contributed by atoms with Gasteiger partial charge < -0.3 is 15.3 Å². The SMILES string of the molecule is CN(CC1CCNCC1)c1nccc2ccc(O)cc12. The Kier molecular flexibility index (Phi) is 3.74. The molecule has 0 unspecified atom stereocenters. The van der Waals surface area contributed by atoms with Crippen molar-refractivity contribution in [2.24, 2.45) is 5.92 Å². The summed E-state index contributed by atoms with van der Waals surface area (Å²) in [6, 6.07) is 7.44. The number of phenolic OH excluding ortho intramolecular Hbond substituents is 1. The molecular weight excluding hydrogens is 250 g/mol. The minimum absolute atomic E-state index is 0.294. The molecule has 1 aromatic heterocycles. The lowest BCUT2D eigenvalue weighted by Crippen LogP contribution is -2.34. The molecule has 0 spiro atoms. The van der Waals surface area contributed by atoms with Gasteiger partial charge in [-0.2, -0.15) is 0 Å². The molecule has 1 aliphatic rings. The number of piperidine rings is 1. The zero-order chi connectivity index (χ0) is 13.9. The van der Waals surface area contributed by atoms with Crippen molar-refractivity contribution in [3.63, 3.8) is 0 Å². The topological polar surface area (TPSA) is 48.4 Å². The van der Waals surface area contributed by atoms with Gasteiger partial charge in [0.1, 0.15) is 11.6 Å². The minimum Gasteiger partial charge on any atom is -0.508 e. The van der Waals surface area contributed by atoms with E-state index in [0.717, 1.165) is 42.1 Å². The molecule has 0 bridgehead atoms. The number of hydrogen-bond acceptors (Lipinski definition) is 4. The number of aromatic nitrogens is 1. The van der Waals surface area contributed by atoms with Gasteiger partial charge in [-0.05, 0) is 55.4 Å². The number of phenols is 1. The molecule has 0 radical (unpaired) electrons. The predicted octanol–water partition coefficient (Wildman–Crippen LogP) is 2.38. The average molecular weight is 271 g/mol. The van der Waals surface area contributed by atoms with Crippen molar-refractivity contribution in [2.45, 2.75) is 12.8 Å². The first kappa shape index (κ1) is 13.2. The molecule has 2 heterocycles. The van der Waals surface area contributed by atoms with Crippen LogP contribution < -0.4 is 10.2 Å². The maximum atomic E-state index is 9.70. The van der Waals surface area contributed by atoms with E-state index in [9.17, 15) is 5.11 Å². The molecule has 4 nitrogen and oxygen atoms in total. The molecule has 0 aliphatic carbocycles. The summed E-state index contributed by atoms with van der Waals surface area (Å²) in [6.45, 7) is 3.24. The number of anilines is 1. The number of nitrogens with zero attached hydrogens (tertiary/aromatic N) is 2. The highest BCUT2D eigenvalue weighted by atomic mass is 16.3. The maximum Gasteiger partial charge on any atom is 0.136 e. The Morgan fingerprint density at radius 2 is 2.10 bits per heavy atom. The van der Waals surface area contributed by atoms with E-state index in [2.05, 4.69) is 22.2 Å². The van der Waals surface area contributed by atoms with Crippen molar-refractivity contribution < 1.29 is 5.11 Å². The fourth-order valence-electron chi connectivity index (χ4n) is 2.98. The lowest BCUT2D eigenvalue weighted by atomic mass is 9.97.